The topological polar surface area (TPSA) is 75.6 Å². The number of hydrogen-bond donors (Lipinski definition) is 2. The van der Waals surface area contributed by atoms with Crippen molar-refractivity contribution in [3.05, 3.63) is 29.3 Å². The van der Waals surface area contributed by atoms with Gasteiger partial charge >= 0.3 is 5.97 Å². The summed E-state index contributed by atoms with van der Waals surface area (Å²) in [7, 11) is 1.59. The van der Waals surface area contributed by atoms with Crippen molar-refractivity contribution in [1.29, 1.82) is 0 Å². The van der Waals surface area contributed by atoms with Crippen LogP contribution in [-0.2, 0) is 16.0 Å². The van der Waals surface area contributed by atoms with Gasteiger partial charge in [0.25, 0.3) is 0 Å². The van der Waals surface area contributed by atoms with Crippen molar-refractivity contribution in [2.75, 3.05) is 7.11 Å². The molecule has 0 bridgehead atoms. The van der Waals surface area contributed by atoms with Crippen LogP contribution in [0.1, 0.15) is 36.8 Å². The van der Waals surface area contributed by atoms with Crippen molar-refractivity contribution in [3.8, 4) is 5.75 Å². The van der Waals surface area contributed by atoms with Crippen molar-refractivity contribution in [3.63, 3.8) is 0 Å². The summed E-state index contributed by atoms with van der Waals surface area (Å²) < 4.78 is 5.23. The lowest BCUT2D eigenvalue weighted by Gasteiger charge is -2.25. The molecule has 2 rings (SSSR count). The molecule has 21 heavy (non-hydrogen) atoms. The standard InChI is InChI=1S/C16H21NO4/c1-11-5-6-12(9-13(11)21-2)10-14(18)17-16(15(19)20)7-3-4-8-16/h5-6,9H,3-4,7-8,10H2,1-2H3,(H,17,18)(H,19,20). The van der Waals surface area contributed by atoms with Gasteiger partial charge in [0.1, 0.15) is 11.3 Å². The second kappa shape index (κ2) is 6.16. The van der Waals surface area contributed by atoms with Gasteiger partial charge in [0.2, 0.25) is 5.91 Å². The number of nitrogens with one attached hydrogen (secondary N) is 1. The number of aryl methyl sites for hydroxylation is 1. The Hall–Kier alpha value is -2.04. The van der Waals surface area contributed by atoms with Gasteiger partial charge in [0, 0.05) is 0 Å². The van der Waals surface area contributed by atoms with E-state index >= 15 is 0 Å². The van der Waals surface area contributed by atoms with E-state index in [0.717, 1.165) is 29.7 Å². The van der Waals surface area contributed by atoms with Crippen LogP contribution in [0.25, 0.3) is 0 Å². The Bertz CT molecular complexity index is 547. The van der Waals surface area contributed by atoms with Gasteiger partial charge in [-0.3, -0.25) is 4.79 Å². The number of aliphatic carboxylic acids is 1. The van der Waals surface area contributed by atoms with Crippen LogP contribution < -0.4 is 10.1 Å². The van der Waals surface area contributed by atoms with Crippen molar-refractivity contribution < 1.29 is 19.4 Å². The van der Waals surface area contributed by atoms with Crippen molar-refractivity contribution in [1.82, 2.24) is 5.32 Å². The van der Waals surface area contributed by atoms with E-state index in [1.807, 2.05) is 25.1 Å². The van der Waals surface area contributed by atoms with E-state index < -0.39 is 11.5 Å². The molecular formula is C16H21NO4. The maximum Gasteiger partial charge on any atom is 0.329 e. The molecule has 0 saturated heterocycles. The molecule has 1 aliphatic rings. The fourth-order valence-corrected chi connectivity index (χ4v) is 2.84. The zero-order chi connectivity index (χ0) is 15.5. The summed E-state index contributed by atoms with van der Waals surface area (Å²) in [5, 5.41) is 12.1. The summed E-state index contributed by atoms with van der Waals surface area (Å²) in [6.45, 7) is 1.93. The molecule has 114 valence electrons. The van der Waals surface area contributed by atoms with Crippen molar-refractivity contribution >= 4 is 11.9 Å². The van der Waals surface area contributed by atoms with Crippen LogP contribution >= 0.6 is 0 Å². The molecule has 1 aromatic carbocycles. The predicted octanol–water partition coefficient (Wildman–Crippen LogP) is 2.06. The Kier molecular flexibility index (Phi) is 4.50. The Morgan fingerprint density at radius 2 is 2.00 bits per heavy atom. The van der Waals surface area contributed by atoms with Crippen LogP contribution in [0, 0.1) is 6.92 Å². The number of carboxylic acid groups (broad SMARTS) is 1. The third-order valence-corrected chi connectivity index (χ3v) is 4.08. The highest BCUT2D eigenvalue weighted by Gasteiger charge is 2.42. The molecule has 0 aliphatic heterocycles. The smallest absolute Gasteiger partial charge is 0.329 e. The van der Waals surface area contributed by atoms with E-state index in [2.05, 4.69) is 5.32 Å². The van der Waals surface area contributed by atoms with Gasteiger partial charge in [-0.1, -0.05) is 25.0 Å². The number of carbonyl (C=O) groups excluding carboxylic acids is 1. The summed E-state index contributed by atoms with van der Waals surface area (Å²) in [5.74, 6) is -0.464. The zero-order valence-electron chi connectivity index (χ0n) is 12.4. The summed E-state index contributed by atoms with van der Waals surface area (Å²) >= 11 is 0. The summed E-state index contributed by atoms with van der Waals surface area (Å²) in [6.07, 6.45) is 2.85. The first-order valence-corrected chi connectivity index (χ1v) is 7.15. The van der Waals surface area contributed by atoms with Gasteiger partial charge in [0.05, 0.1) is 13.5 Å². The maximum absolute atomic E-state index is 12.1. The molecule has 1 amide bonds. The molecule has 5 nitrogen and oxygen atoms in total. The third-order valence-electron chi connectivity index (χ3n) is 4.08. The number of methoxy groups -OCH3 is 1. The molecule has 5 heteroatoms. The van der Waals surface area contributed by atoms with Crippen molar-refractivity contribution in [2.45, 2.75) is 44.6 Å². The molecule has 0 spiro atoms. The molecular weight excluding hydrogens is 270 g/mol. The van der Waals surface area contributed by atoms with Gasteiger partial charge in [-0.05, 0) is 37.0 Å². The fourth-order valence-electron chi connectivity index (χ4n) is 2.84. The van der Waals surface area contributed by atoms with Gasteiger partial charge < -0.3 is 15.2 Å². The molecule has 0 radical (unpaired) electrons. The van der Waals surface area contributed by atoms with E-state index in [1.54, 1.807) is 7.11 Å². The summed E-state index contributed by atoms with van der Waals surface area (Å²) in [4.78, 5) is 23.6. The second-order valence-corrected chi connectivity index (χ2v) is 5.62. The average Bonchev–Trinajstić information content (AvgIpc) is 2.90. The highest BCUT2D eigenvalue weighted by atomic mass is 16.5. The number of hydrogen-bond acceptors (Lipinski definition) is 3. The van der Waals surface area contributed by atoms with E-state index in [-0.39, 0.29) is 12.3 Å². The zero-order valence-corrected chi connectivity index (χ0v) is 12.4. The first-order chi connectivity index (χ1) is 9.97. The molecule has 1 saturated carbocycles. The highest BCUT2D eigenvalue weighted by molar-refractivity contribution is 5.88. The largest absolute Gasteiger partial charge is 0.496 e. The first kappa shape index (κ1) is 15.4. The lowest BCUT2D eigenvalue weighted by Crippen LogP contribution is -2.52. The number of amides is 1. The average molecular weight is 291 g/mol. The van der Waals surface area contributed by atoms with Gasteiger partial charge in [-0.25, -0.2) is 4.79 Å². The first-order valence-electron chi connectivity index (χ1n) is 7.15. The molecule has 0 atom stereocenters. The molecule has 0 aromatic heterocycles. The number of carbonyl (C=O) groups is 2. The number of benzene rings is 1. The van der Waals surface area contributed by atoms with Gasteiger partial charge in [-0.15, -0.1) is 0 Å². The van der Waals surface area contributed by atoms with Crippen LogP contribution in [0.2, 0.25) is 0 Å². The molecule has 2 N–H and O–H groups in total. The quantitative estimate of drug-likeness (QED) is 0.870. The minimum Gasteiger partial charge on any atom is -0.496 e. The van der Waals surface area contributed by atoms with Gasteiger partial charge in [-0.2, -0.15) is 0 Å². The molecule has 1 aliphatic carbocycles. The monoisotopic (exact) mass is 291 g/mol. The predicted molar refractivity (Wildman–Crippen MR) is 78.4 cm³/mol. The highest BCUT2D eigenvalue weighted by Crippen LogP contribution is 2.30. The second-order valence-electron chi connectivity index (χ2n) is 5.62. The van der Waals surface area contributed by atoms with Crippen LogP contribution in [0.4, 0.5) is 0 Å². The number of rotatable bonds is 5. The Morgan fingerprint density at radius 3 is 2.57 bits per heavy atom. The Morgan fingerprint density at radius 1 is 1.33 bits per heavy atom. The number of ether oxygens (including phenoxy) is 1. The van der Waals surface area contributed by atoms with E-state index in [4.69, 9.17) is 4.74 Å². The molecule has 1 aromatic rings. The lowest BCUT2D eigenvalue weighted by atomic mass is 9.97. The lowest BCUT2D eigenvalue weighted by molar-refractivity contribution is -0.147. The summed E-state index contributed by atoms with van der Waals surface area (Å²) in [6, 6.07) is 5.57. The van der Waals surface area contributed by atoms with Crippen LogP contribution in [0.15, 0.2) is 18.2 Å². The van der Waals surface area contributed by atoms with Gasteiger partial charge in [0.15, 0.2) is 0 Å². The van der Waals surface area contributed by atoms with E-state index in [1.165, 1.54) is 0 Å². The number of carboxylic acids is 1. The minimum atomic E-state index is -1.08. The Balaban J connectivity index is 2.06. The van der Waals surface area contributed by atoms with E-state index in [9.17, 15) is 14.7 Å². The minimum absolute atomic E-state index is 0.158. The third kappa shape index (κ3) is 3.35. The Labute approximate surface area is 124 Å². The normalized spacial score (nSPS) is 16.5. The maximum atomic E-state index is 12.1. The summed E-state index contributed by atoms with van der Waals surface area (Å²) in [5.41, 5.74) is 0.735. The molecule has 0 heterocycles. The van der Waals surface area contributed by atoms with Crippen LogP contribution in [0.3, 0.4) is 0 Å². The molecule has 0 unspecified atom stereocenters. The van der Waals surface area contributed by atoms with Crippen LogP contribution in [-0.4, -0.2) is 29.6 Å². The molecule has 1 fully saturated rings. The van der Waals surface area contributed by atoms with Crippen LogP contribution in [0.5, 0.6) is 5.75 Å². The SMILES string of the molecule is COc1cc(CC(=O)NC2(C(=O)O)CCCC2)ccc1C. The van der Waals surface area contributed by atoms with Crippen molar-refractivity contribution in [2.24, 2.45) is 0 Å². The fraction of sp³-hybridized carbons (Fsp3) is 0.500. The van der Waals surface area contributed by atoms with E-state index in [0.29, 0.717) is 12.8 Å².